The lowest BCUT2D eigenvalue weighted by molar-refractivity contribution is -0.861. The second-order valence-corrected chi connectivity index (χ2v) is 5.49. The van der Waals surface area contributed by atoms with Crippen LogP contribution >= 0.6 is 0 Å². The first kappa shape index (κ1) is 18.4. The zero-order chi connectivity index (χ0) is 14.4. The zero-order valence-electron chi connectivity index (χ0n) is 13.2. The van der Waals surface area contributed by atoms with E-state index < -0.39 is 0 Å². The number of hydrogen-bond acceptors (Lipinski definition) is 1. The summed E-state index contributed by atoms with van der Waals surface area (Å²) in [7, 11) is 1.82. The van der Waals surface area contributed by atoms with Gasteiger partial charge in [0.15, 0.2) is 0 Å². The number of nitrogens with zero attached hydrogens (tertiary/aromatic N) is 1. The van der Waals surface area contributed by atoms with Crippen molar-refractivity contribution in [3.05, 3.63) is 29.5 Å². The average molecular weight is 267 g/mol. The van der Waals surface area contributed by atoms with Gasteiger partial charge in [-0.2, -0.15) is 0 Å². The fraction of sp³-hybridized carbons (Fsp3) is 0.765. The van der Waals surface area contributed by atoms with Gasteiger partial charge in [-0.3, -0.25) is 0 Å². The Bertz CT molecular complexity index is 220. The molecular formula is C17H33NO. The summed E-state index contributed by atoms with van der Waals surface area (Å²) in [5, 5.41) is 12.2. The van der Waals surface area contributed by atoms with Crippen molar-refractivity contribution in [1.29, 1.82) is 0 Å². The second kappa shape index (κ2) is 12.4. The van der Waals surface area contributed by atoms with E-state index >= 15 is 0 Å². The van der Waals surface area contributed by atoms with Crippen LogP contribution in [0.3, 0.4) is 0 Å². The summed E-state index contributed by atoms with van der Waals surface area (Å²) in [6.07, 6.45) is 17.7. The van der Waals surface area contributed by atoms with Crippen molar-refractivity contribution in [3.63, 3.8) is 0 Å². The van der Waals surface area contributed by atoms with Gasteiger partial charge in [0.05, 0.1) is 20.1 Å². The molecule has 2 nitrogen and oxygen atoms in total. The third kappa shape index (κ3) is 13.6. The standard InChI is InChI=1S/C17H33NO/c1-4-6-8-10-12-14-16-18(3,19)17-15-13-11-9-7-5-2/h6-9H,4-5,10-17H2,1-3H3/b8-6+,9-7+. The van der Waals surface area contributed by atoms with Gasteiger partial charge in [-0.05, 0) is 51.4 Å². The predicted octanol–water partition coefficient (Wildman–Crippen LogP) is 5.20. The van der Waals surface area contributed by atoms with Gasteiger partial charge in [-0.25, -0.2) is 0 Å². The lowest BCUT2D eigenvalue weighted by Crippen LogP contribution is -2.39. The third-order valence-electron chi connectivity index (χ3n) is 3.31. The normalized spacial score (nSPS) is 12.8. The summed E-state index contributed by atoms with van der Waals surface area (Å²) in [5.41, 5.74) is 0. The molecular weight excluding hydrogens is 234 g/mol. The fourth-order valence-electron chi connectivity index (χ4n) is 2.10. The first-order valence-corrected chi connectivity index (χ1v) is 7.98. The largest absolute Gasteiger partial charge is 0.633 e. The number of quaternary nitrogens is 1. The van der Waals surface area contributed by atoms with E-state index in [0.29, 0.717) is 0 Å². The Morgan fingerprint density at radius 1 is 0.737 bits per heavy atom. The maximum Gasteiger partial charge on any atom is 0.0781 e. The van der Waals surface area contributed by atoms with Crippen LogP contribution in [0.15, 0.2) is 24.3 Å². The highest BCUT2D eigenvalue weighted by Crippen LogP contribution is 2.09. The Morgan fingerprint density at radius 3 is 1.53 bits per heavy atom. The maximum absolute atomic E-state index is 12.2. The molecule has 0 fully saturated rings. The molecule has 19 heavy (non-hydrogen) atoms. The fourth-order valence-corrected chi connectivity index (χ4v) is 2.10. The molecule has 2 heteroatoms. The minimum atomic E-state index is -0.0605. The highest BCUT2D eigenvalue weighted by atomic mass is 16.5. The lowest BCUT2D eigenvalue weighted by Gasteiger charge is -2.38. The van der Waals surface area contributed by atoms with Gasteiger partial charge >= 0.3 is 0 Å². The molecule has 0 saturated heterocycles. The Balaban J connectivity index is 3.51. The summed E-state index contributed by atoms with van der Waals surface area (Å²) in [6.45, 7) is 5.84. The summed E-state index contributed by atoms with van der Waals surface area (Å²) in [6, 6.07) is 0. The highest BCUT2D eigenvalue weighted by Gasteiger charge is 2.08. The number of hydrogen-bond donors (Lipinski definition) is 0. The molecule has 0 atom stereocenters. The molecule has 0 radical (unpaired) electrons. The minimum Gasteiger partial charge on any atom is -0.633 e. The molecule has 0 spiro atoms. The molecule has 0 amide bonds. The van der Waals surface area contributed by atoms with E-state index in [1.165, 1.54) is 0 Å². The summed E-state index contributed by atoms with van der Waals surface area (Å²) < 4.78 is -0.0605. The predicted molar refractivity (Wildman–Crippen MR) is 85.8 cm³/mol. The van der Waals surface area contributed by atoms with Crippen LogP contribution in [0.5, 0.6) is 0 Å². The van der Waals surface area contributed by atoms with Crippen LogP contribution in [0, 0.1) is 5.21 Å². The maximum atomic E-state index is 12.2. The molecule has 112 valence electrons. The first-order chi connectivity index (χ1) is 9.12. The first-order valence-electron chi connectivity index (χ1n) is 7.98. The van der Waals surface area contributed by atoms with Crippen molar-refractivity contribution in [3.8, 4) is 0 Å². The Kier molecular flexibility index (Phi) is 12.0. The molecule has 0 heterocycles. The van der Waals surface area contributed by atoms with E-state index in [-0.39, 0.29) is 4.65 Å². The molecule has 0 N–H and O–H groups in total. The van der Waals surface area contributed by atoms with E-state index in [4.69, 9.17) is 0 Å². The van der Waals surface area contributed by atoms with Crippen molar-refractivity contribution in [1.82, 2.24) is 0 Å². The van der Waals surface area contributed by atoms with Gasteiger partial charge in [0, 0.05) is 0 Å². The second-order valence-electron chi connectivity index (χ2n) is 5.49. The topological polar surface area (TPSA) is 23.1 Å². The Hall–Kier alpha value is -0.600. The Morgan fingerprint density at radius 2 is 1.16 bits per heavy atom. The van der Waals surface area contributed by atoms with Crippen LogP contribution in [0.1, 0.15) is 65.2 Å². The number of allylic oxidation sites excluding steroid dienone is 4. The van der Waals surface area contributed by atoms with Gasteiger partial charge in [0.25, 0.3) is 0 Å². The molecule has 0 bridgehead atoms. The average Bonchev–Trinajstić information content (AvgIpc) is 2.38. The molecule has 0 aromatic carbocycles. The number of hydroxylamine groups is 3. The van der Waals surface area contributed by atoms with Gasteiger partial charge in [0.2, 0.25) is 0 Å². The summed E-state index contributed by atoms with van der Waals surface area (Å²) in [5.74, 6) is 0. The molecule has 0 rings (SSSR count). The third-order valence-corrected chi connectivity index (χ3v) is 3.31. The van der Waals surface area contributed by atoms with Crippen molar-refractivity contribution in [2.24, 2.45) is 0 Å². The lowest BCUT2D eigenvalue weighted by atomic mass is 10.2. The van der Waals surface area contributed by atoms with Crippen molar-refractivity contribution in [2.45, 2.75) is 65.2 Å². The van der Waals surface area contributed by atoms with E-state index in [2.05, 4.69) is 38.2 Å². The van der Waals surface area contributed by atoms with Crippen molar-refractivity contribution >= 4 is 0 Å². The van der Waals surface area contributed by atoms with E-state index in [0.717, 1.165) is 64.5 Å². The van der Waals surface area contributed by atoms with Gasteiger partial charge in [-0.1, -0.05) is 38.2 Å². The highest BCUT2D eigenvalue weighted by molar-refractivity contribution is 4.80. The quantitative estimate of drug-likeness (QED) is 0.206. The van der Waals surface area contributed by atoms with Crippen LogP contribution in [-0.2, 0) is 0 Å². The zero-order valence-corrected chi connectivity index (χ0v) is 13.2. The van der Waals surface area contributed by atoms with Crippen molar-refractivity contribution in [2.75, 3.05) is 20.1 Å². The van der Waals surface area contributed by atoms with Gasteiger partial charge in [0.1, 0.15) is 0 Å². The number of rotatable bonds is 12. The van der Waals surface area contributed by atoms with Gasteiger partial charge in [-0.15, -0.1) is 0 Å². The van der Waals surface area contributed by atoms with E-state index in [1.54, 1.807) is 0 Å². The molecule has 0 aliphatic heterocycles. The molecule has 0 aliphatic rings. The summed E-state index contributed by atoms with van der Waals surface area (Å²) >= 11 is 0. The van der Waals surface area contributed by atoms with E-state index in [9.17, 15) is 5.21 Å². The van der Waals surface area contributed by atoms with E-state index in [1.807, 2.05) is 7.05 Å². The number of unbranched alkanes of at least 4 members (excludes halogenated alkanes) is 4. The molecule has 0 saturated carbocycles. The Labute approximate surface area is 120 Å². The van der Waals surface area contributed by atoms with Gasteiger partial charge < -0.3 is 9.85 Å². The molecule has 0 aliphatic carbocycles. The van der Waals surface area contributed by atoms with Crippen LogP contribution in [0.2, 0.25) is 0 Å². The summed E-state index contributed by atoms with van der Waals surface area (Å²) in [4.78, 5) is 0. The van der Waals surface area contributed by atoms with Crippen LogP contribution in [0.4, 0.5) is 0 Å². The molecule has 0 aromatic heterocycles. The monoisotopic (exact) mass is 267 g/mol. The molecule has 0 aromatic rings. The van der Waals surface area contributed by atoms with Crippen molar-refractivity contribution < 1.29 is 4.65 Å². The van der Waals surface area contributed by atoms with Crippen LogP contribution in [-0.4, -0.2) is 24.8 Å². The van der Waals surface area contributed by atoms with Crippen LogP contribution < -0.4 is 0 Å². The molecule has 0 unspecified atom stereocenters. The minimum absolute atomic E-state index is 0.0605. The SMILES string of the molecule is CC/C=C/CCCC[N+](C)([O-])CCCC/C=C/CC. The smallest absolute Gasteiger partial charge is 0.0781 e. The van der Waals surface area contributed by atoms with Crippen LogP contribution in [0.25, 0.3) is 0 Å².